The fraction of sp³-hybridized carbons (Fsp3) is 0.348. The van der Waals surface area contributed by atoms with Gasteiger partial charge >= 0.3 is 0 Å². The van der Waals surface area contributed by atoms with E-state index in [4.69, 9.17) is 16.0 Å². The van der Waals surface area contributed by atoms with Crippen LogP contribution in [0.1, 0.15) is 49.3 Å². The van der Waals surface area contributed by atoms with Crippen LogP contribution in [-0.4, -0.2) is 25.8 Å². The van der Waals surface area contributed by atoms with Gasteiger partial charge in [-0.1, -0.05) is 37.6 Å². The molecule has 2 aromatic carbocycles. The standard InChI is InChI=1S/C23H27N3O3S/c1-2-3-5-18-8-10-22(11-9-18)30(27,28)26-14-12-20(13-15-26)23(29-25)21-7-4-6-19(16-21)17-24/h4,6-11,16H,2-3,5,12-15,25H2,1H3. The van der Waals surface area contributed by atoms with Gasteiger partial charge in [-0.2, -0.15) is 15.5 Å². The Morgan fingerprint density at radius 2 is 1.87 bits per heavy atom. The van der Waals surface area contributed by atoms with Crippen molar-refractivity contribution in [1.82, 2.24) is 4.31 Å². The first-order valence-corrected chi connectivity index (χ1v) is 11.6. The molecule has 1 fully saturated rings. The van der Waals surface area contributed by atoms with E-state index < -0.39 is 10.0 Å². The molecule has 0 aliphatic carbocycles. The van der Waals surface area contributed by atoms with Gasteiger partial charge in [-0.3, -0.25) is 0 Å². The lowest BCUT2D eigenvalue weighted by molar-refractivity contribution is 0.281. The molecule has 1 saturated heterocycles. The average Bonchev–Trinajstić information content (AvgIpc) is 2.79. The lowest BCUT2D eigenvalue weighted by atomic mass is 9.99. The minimum Gasteiger partial charge on any atom is -0.411 e. The van der Waals surface area contributed by atoms with Crippen LogP contribution >= 0.6 is 0 Å². The van der Waals surface area contributed by atoms with Crippen LogP contribution in [0.25, 0.3) is 5.76 Å². The van der Waals surface area contributed by atoms with Gasteiger partial charge in [0.25, 0.3) is 0 Å². The monoisotopic (exact) mass is 425 g/mol. The summed E-state index contributed by atoms with van der Waals surface area (Å²) in [6.45, 7) is 2.86. The highest BCUT2D eigenvalue weighted by atomic mass is 32.2. The minimum atomic E-state index is -3.53. The third-order valence-electron chi connectivity index (χ3n) is 5.40. The molecule has 0 atom stereocenters. The molecule has 7 heteroatoms. The molecule has 0 radical (unpaired) electrons. The van der Waals surface area contributed by atoms with Crippen molar-refractivity contribution in [3.05, 3.63) is 70.8 Å². The maximum absolute atomic E-state index is 13.0. The maximum atomic E-state index is 13.0. The number of aryl methyl sites for hydroxylation is 1. The third kappa shape index (κ3) is 4.90. The van der Waals surface area contributed by atoms with Gasteiger partial charge in [0, 0.05) is 18.7 Å². The van der Waals surface area contributed by atoms with Crippen LogP contribution in [0.3, 0.4) is 0 Å². The van der Waals surface area contributed by atoms with Gasteiger partial charge in [-0.25, -0.2) is 8.42 Å². The quantitative estimate of drug-likeness (QED) is 0.534. The summed E-state index contributed by atoms with van der Waals surface area (Å²) in [5.41, 5.74) is 3.36. The molecule has 6 nitrogen and oxygen atoms in total. The van der Waals surface area contributed by atoms with Crippen molar-refractivity contribution in [2.24, 2.45) is 5.90 Å². The second kappa shape index (κ2) is 9.90. The summed E-state index contributed by atoms with van der Waals surface area (Å²) < 4.78 is 27.6. The van der Waals surface area contributed by atoms with Crippen LogP contribution in [0.5, 0.6) is 0 Å². The Morgan fingerprint density at radius 3 is 2.47 bits per heavy atom. The van der Waals surface area contributed by atoms with Gasteiger partial charge in [0.05, 0.1) is 16.5 Å². The van der Waals surface area contributed by atoms with Crippen molar-refractivity contribution < 1.29 is 13.3 Å². The van der Waals surface area contributed by atoms with E-state index in [1.807, 2.05) is 18.2 Å². The zero-order valence-electron chi connectivity index (χ0n) is 17.2. The first kappa shape index (κ1) is 22.0. The number of nitrogens with zero attached hydrogens (tertiary/aromatic N) is 2. The van der Waals surface area contributed by atoms with E-state index in [9.17, 15) is 8.42 Å². The zero-order chi connectivity index (χ0) is 21.6. The van der Waals surface area contributed by atoms with Gasteiger partial charge in [0.15, 0.2) is 5.76 Å². The van der Waals surface area contributed by atoms with Gasteiger partial charge in [0.2, 0.25) is 10.0 Å². The molecule has 0 bridgehead atoms. The fourth-order valence-corrected chi connectivity index (χ4v) is 5.11. The van der Waals surface area contributed by atoms with Gasteiger partial charge in [-0.05, 0) is 61.1 Å². The first-order valence-electron chi connectivity index (χ1n) is 10.2. The number of nitrogens with two attached hydrogens (primary N) is 1. The summed E-state index contributed by atoms with van der Waals surface area (Å²) >= 11 is 0. The van der Waals surface area contributed by atoms with Gasteiger partial charge < -0.3 is 4.84 Å². The molecule has 2 N–H and O–H groups in total. The lowest BCUT2D eigenvalue weighted by Crippen LogP contribution is -2.36. The Kier molecular flexibility index (Phi) is 7.27. The van der Waals surface area contributed by atoms with Crippen LogP contribution in [0, 0.1) is 11.3 Å². The second-order valence-corrected chi connectivity index (χ2v) is 9.33. The van der Waals surface area contributed by atoms with Gasteiger partial charge in [-0.15, -0.1) is 0 Å². The number of nitriles is 1. The average molecular weight is 426 g/mol. The van der Waals surface area contributed by atoms with Crippen molar-refractivity contribution in [2.75, 3.05) is 13.1 Å². The Bertz CT molecular complexity index is 1040. The smallest absolute Gasteiger partial charge is 0.243 e. The normalized spacial score (nSPS) is 14.9. The SMILES string of the molecule is CCCCc1ccc(S(=O)(=O)N2CCC(=C(ON)c3cccc(C#N)c3)CC2)cc1. The molecule has 0 aromatic heterocycles. The van der Waals surface area contributed by atoms with Crippen LogP contribution < -0.4 is 5.90 Å². The largest absolute Gasteiger partial charge is 0.411 e. The number of hydrogen-bond acceptors (Lipinski definition) is 5. The summed E-state index contributed by atoms with van der Waals surface area (Å²) in [6.07, 6.45) is 4.22. The van der Waals surface area contributed by atoms with Gasteiger partial charge in [0.1, 0.15) is 0 Å². The molecule has 0 amide bonds. The molecule has 158 valence electrons. The Labute approximate surface area is 178 Å². The Morgan fingerprint density at radius 1 is 1.17 bits per heavy atom. The predicted molar refractivity (Wildman–Crippen MR) is 116 cm³/mol. The molecule has 1 aliphatic heterocycles. The predicted octanol–water partition coefficient (Wildman–Crippen LogP) is 3.99. The molecular formula is C23H27N3O3S. The topological polar surface area (TPSA) is 96.4 Å². The van der Waals surface area contributed by atoms with Crippen LogP contribution in [0.2, 0.25) is 0 Å². The van der Waals surface area contributed by atoms with Crippen molar-refractivity contribution >= 4 is 15.8 Å². The first-order chi connectivity index (χ1) is 14.5. The van der Waals surface area contributed by atoms with Crippen molar-refractivity contribution in [3.63, 3.8) is 0 Å². The van der Waals surface area contributed by atoms with Crippen molar-refractivity contribution in [1.29, 1.82) is 5.26 Å². The highest BCUT2D eigenvalue weighted by molar-refractivity contribution is 7.89. The summed E-state index contributed by atoms with van der Waals surface area (Å²) in [5.74, 6) is 6.03. The molecule has 0 saturated carbocycles. The van der Waals surface area contributed by atoms with Crippen LogP contribution in [-0.2, 0) is 21.3 Å². The highest BCUT2D eigenvalue weighted by Gasteiger charge is 2.29. The molecule has 0 spiro atoms. The number of unbranched alkanes of at least 4 members (excludes halogenated alkanes) is 1. The van der Waals surface area contributed by atoms with E-state index in [0.29, 0.717) is 42.1 Å². The minimum absolute atomic E-state index is 0.326. The number of sulfonamides is 1. The van der Waals surface area contributed by atoms with Crippen molar-refractivity contribution in [2.45, 2.75) is 43.9 Å². The number of hydrogen-bond donors (Lipinski definition) is 1. The highest BCUT2D eigenvalue weighted by Crippen LogP contribution is 2.30. The van der Waals surface area contributed by atoms with Crippen LogP contribution in [0.15, 0.2) is 59.0 Å². The molecule has 1 heterocycles. The molecular weight excluding hydrogens is 398 g/mol. The summed E-state index contributed by atoms with van der Waals surface area (Å²) in [6, 6.07) is 16.4. The maximum Gasteiger partial charge on any atom is 0.243 e. The molecule has 30 heavy (non-hydrogen) atoms. The third-order valence-corrected chi connectivity index (χ3v) is 7.31. The number of rotatable bonds is 7. The van der Waals surface area contributed by atoms with E-state index in [2.05, 4.69) is 13.0 Å². The summed E-state index contributed by atoms with van der Waals surface area (Å²) in [5, 5.41) is 9.11. The molecule has 2 aromatic rings. The van der Waals surface area contributed by atoms with Crippen LogP contribution in [0.4, 0.5) is 0 Å². The Balaban J connectivity index is 1.74. The van der Waals surface area contributed by atoms with Crippen molar-refractivity contribution in [3.8, 4) is 6.07 Å². The van der Waals surface area contributed by atoms with E-state index >= 15 is 0 Å². The van der Waals surface area contributed by atoms with E-state index in [-0.39, 0.29) is 0 Å². The second-order valence-electron chi connectivity index (χ2n) is 7.39. The van der Waals surface area contributed by atoms with E-state index in [1.165, 1.54) is 4.31 Å². The van der Waals surface area contributed by atoms with E-state index in [1.54, 1.807) is 30.3 Å². The zero-order valence-corrected chi connectivity index (χ0v) is 18.0. The molecule has 1 aliphatic rings. The lowest BCUT2D eigenvalue weighted by Gasteiger charge is -2.28. The van der Waals surface area contributed by atoms with E-state index in [0.717, 1.165) is 36.0 Å². The molecule has 3 rings (SSSR count). The summed E-state index contributed by atoms with van der Waals surface area (Å²) in [4.78, 5) is 5.45. The number of piperidine rings is 1. The summed E-state index contributed by atoms with van der Waals surface area (Å²) in [7, 11) is -3.53. The fourth-order valence-electron chi connectivity index (χ4n) is 3.67. The Hall–Kier alpha value is -2.66. The number of benzene rings is 2. The molecule has 0 unspecified atom stereocenters.